The number of fused-ring (bicyclic) bond motifs is 3. The topological polar surface area (TPSA) is 139 Å². The van der Waals surface area contributed by atoms with E-state index in [1.54, 1.807) is 24.3 Å². The number of aliphatic imine (C=N–C) groups is 1. The first-order valence-corrected chi connectivity index (χ1v) is 20.3. The van der Waals surface area contributed by atoms with Gasteiger partial charge in [-0.1, -0.05) is 101 Å². The van der Waals surface area contributed by atoms with Crippen molar-refractivity contribution in [3.05, 3.63) is 190 Å². The van der Waals surface area contributed by atoms with Gasteiger partial charge in [-0.2, -0.15) is 4.58 Å². The van der Waals surface area contributed by atoms with E-state index in [4.69, 9.17) is 27.7 Å². The Labute approximate surface area is 352 Å². The van der Waals surface area contributed by atoms with Crippen molar-refractivity contribution in [2.45, 2.75) is 75.2 Å². The molecule has 0 atom stereocenters. The molecule has 0 unspecified atom stereocenters. The Morgan fingerprint density at radius 1 is 0.864 bits per heavy atom. The van der Waals surface area contributed by atoms with Crippen molar-refractivity contribution in [2.24, 2.45) is 16.5 Å². The summed E-state index contributed by atoms with van der Waals surface area (Å²) >= 11 is 0. The Hall–Kier alpha value is -6.73. The lowest BCUT2D eigenvalue weighted by Crippen LogP contribution is -2.49. The number of allylic oxidation sites excluding steroid dienone is 16. The van der Waals surface area contributed by atoms with Gasteiger partial charge in [0.1, 0.15) is 5.22 Å². The van der Waals surface area contributed by atoms with E-state index in [0.717, 1.165) is 66.4 Å². The molecule has 0 bridgehead atoms. The van der Waals surface area contributed by atoms with E-state index in [1.165, 1.54) is 18.0 Å². The van der Waals surface area contributed by atoms with Crippen LogP contribution < -0.4 is 26.6 Å². The molecule has 5 rings (SSSR count). The molecule has 0 saturated heterocycles. The summed E-state index contributed by atoms with van der Waals surface area (Å²) in [5.74, 6) is 0. The van der Waals surface area contributed by atoms with Crippen LogP contribution in [0.5, 0.6) is 0 Å². The summed E-state index contributed by atoms with van der Waals surface area (Å²) in [6.07, 6.45) is 27.0. The zero-order valence-electron chi connectivity index (χ0n) is 36.5. The molecule has 0 spiro atoms. The number of benzene rings is 3. The molecule has 3 aromatic carbocycles. The predicted molar refractivity (Wildman–Crippen MR) is 260 cm³/mol. The average Bonchev–Trinajstić information content (AvgIpc) is 3.22. The number of hydrogen-bond donors (Lipinski definition) is 5. The summed E-state index contributed by atoms with van der Waals surface area (Å²) in [4.78, 5) is 4.51. The van der Waals surface area contributed by atoms with Crippen LogP contribution in [0.1, 0.15) is 80.7 Å². The van der Waals surface area contributed by atoms with Crippen molar-refractivity contribution in [3.8, 4) is 0 Å². The highest BCUT2D eigenvalue weighted by molar-refractivity contribution is 6.10. The lowest BCUT2D eigenvalue weighted by Gasteiger charge is -2.14. The number of nitrogens with zero attached hydrogens (tertiary/aromatic N) is 2. The maximum absolute atomic E-state index is 8.09. The Morgan fingerprint density at radius 3 is 2.12 bits per heavy atom. The van der Waals surface area contributed by atoms with E-state index in [-0.39, 0.29) is 0 Å². The van der Waals surface area contributed by atoms with Crippen molar-refractivity contribution in [1.82, 2.24) is 4.58 Å². The summed E-state index contributed by atoms with van der Waals surface area (Å²) in [5.41, 5.74) is 23.1. The van der Waals surface area contributed by atoms with Gasteiger partial charge < -0.3 is 27.7 Å². The van der Waals surface area contributed by atoms with Gasteiger partial charge >= 0.3 is 0 Å². The molecule has 0 saturated carbocycles. The molecule has 0 aliphatic carbocycles. The lowest BCUT2D eigenvalue weighted by molar-refractivity contribution is 0.931. The molecular formula is C52H64N7+. The van der Waals surface area contributed by atoms with Crippen LogP contribution in [0, 0.1) is 16.2 Å². The SMILES string of the molecule is C=C/C=C(N)/C(N)=C/C(=C\CC1=NC(C)=C1)C(/C=C\C1=c2ccc3cc(/C(C=N)=C/CC(=N)/C=C\C)ccc3c2=[N+]1c1ccccc1)=C/C.CC.CC.CC(C)=CC=N. The molecule has 2 aliphatic rings. The second-order valence-electron chi connectivity index (χ2n) is 13.2. The first-order chi connectivity index (χ1) is 28.5. The molecule has 2 heterocycles. The van der Waals surface area contributed by atoms with Gasteiger partial charge in [0, 0.05) is 60.6 Å². The largest absolute Gasteiger partial charge is 0.397 e. The Kier molecular flexibility index (Phi) is 20.9. The highest BCUT2D eigenvalue weighted by atomic mass is 15.1. The first-order valence-electron chi connectivity index (χ1n) is 20.3. The predicted octanol–water partition coefficient (Wildman–Crippen LogP) is 11.5. The Morgan fingerprint density at radius 2 is 1.56 bits per heavy atom. The van der Waals surface area contributed by atoms with Gasteiger partial charge in [0.2, 0.25) is 16.7 Å². The van der Waals surface area contributed by atoms with Crippen LogP contribution in [-0.4, -0.2) is 23.9 Å². The number of hydrogen-bond acceptors (Lipinski definition) is 6. The van der Waals surface area contributed by atoms with Crippen LogP contribution in [0.3, 0.4) is 0 Å². The molecule has 0 aromatic heterocycles. The Bertz CT molecular complexity index is 2430. The summed E-state index contributed by atoms with van der Waals surface area (Å²) in [5, 5.41) is 27.2. The fraction of sp³-hybridized carbons (Fsp3) is 0.212. The molecule has 306 valence electrons. The number of nitrogens with two attached hydrogens (primary N) is 2. The average molecular weight is 787 g/mol. The smallest absolute Gasteiger partial charge is 0.233 e. The van der Waals surface area contributed by atoms with E-state index in [0.29, 0.717) is 29.9 Å². The first kappa shape index (κ1) is 48.4. The summed E-state index contributed by atoms with van der Waals surface area (Å²) in [6, 6.07) is 21.0. The van der Waals surface area contributed by atoms with Crippen LogP contribution in [0.4, 0.5) is 5.69 Å². The second-order valence-corrected chi connectivity index (χ2v) is 13.2. The van der Waals surface area contributed by atoms with E-state index in [2.05, 4.69) is 101 Å². The third-order valence-electron chi connectivity index (χ3n) is 8.79. The van der Waals surface area contributed by atoms with Crippen molar-refractivity contribution >= 4 is 51.6 Å². The normalized spacial score (nSPS) is 13.9. The van der Waals surface area contributed by atoms with Crippen molar-refractivity contribution in [1.29, 1.82) is 16.2 Å². The fourth-order valence-electron chi connectivity index (χ4n) is 6.10. The van der Waals surface area contributed by atoms with Crippen LogP contribution in [-0.2, 0) is 0 Å². The summed E-state index contributed by atoms with van der Waals surface area (Å²) in [7, 11) is 0. The lowest BCUT2D eigenvalue weighted by atomic mass is 9.96. The molecule has 7 N–H and O–H groups in total. The zero-order valence-corrected chi connectivity index (χ0v) is 36.5. The fourth-order valence-corrected chi connectivity index (χ4v) is 6.10. The molecule has 7 nitrogen and oxygen atoms in total. The molecule has 2 aliphatic heterocycles. The van der Waals surface area contributed by atoms with Gasteiger partial charge in [0.15, 0.2) is 0 Å². The number of nitrogens with one attached hydrogen (secondary N) is 3. The van der Waals surface area contributed by atoms with Crippen LogP contribution in [0.25, 0.3) is 22.0 Å². The third-order valence-corrected chi connectivity index (χ3v) is 8.79. The van der Waals surface area contributed by atoms with Gasteiger partial charge in [0.05, 0.1) is 16.8 Å². The van der Waals surface area contributed by atoms with E-state index < -0.39 is 0 Å². The molecular weight excluding hydrogens is 723 g/mol. The van der Waals surface area contributed by atoms with Gasteiger partial charge in [-0.25, -0.2) is 0 Å². The quantitative estimate of drug-likeness (QED) is 0.0595. The van der Waals surface area contributed by atoms with Crippen molar-refractivity contribution in [2.75, 3.05) is 0 Å². The molecule has 59 heavy (non-hydrogen) atoms. The van der Waals surface area contributed by atoms with Crippen LogP contribution >= 0.6 is 0 Å². The minimum absolute atomic E-state index is 0.459. The van der Waals surface area contributed by atoms with E-state index in [9.17, 15) is 0 Å². The standard InChI is InChI=1S/C43H43N6.C5H9N.2C2H6/c1-5-11-35(45)20-15-34(28-44)31-17-22-38-33(26-31)18-23-39-42(49(43(38)39)37-13-9-8-10-14-37)24-19-30(7-3)32(16-21-36-25-29(4)48-36)27-41(47)40(46)12-6-2;1-5(2)3-4-6;2*1-2/h5-19,22-28,44-45H,2,20-21,46-47H2,1,3-4H3;3-4,6H,1-2H3;2*1-2H3/q+1;;;/b11-5-,24-19-,30-7+,32-16+,34-15+,40-12-,41-27-,44-28?,45-35?;;;. The molecule has 7 heteroatoms. The minimum atomic E-state index is 0.459. The van der Waals surface area contributed by atoms with Crippen molar-refractivity contribution < 1.29 is 0 Å². The number of rotatable bonds is 15. The third kappa shape index (κ3) is 13.7. The van der Waals surface area contributed by atoms with E-state index >= 15 is 0 Å². The summed E-state index contributed by atoms with van der Waals surface area (Å²) < 4.78 is 2.29. The highest BCUT2D eigenvalue weighted by Crippen LogP contribution is 2.24. The van der Waals surface area contributed by atoms with Gasteiger partial charge in [-0.15, -0.1) is 0 Å². The molecule has 0 fully saturated rings. The van der Waals surface area contributed by atoms with E-state index in [1.807, 2.05) is 86.6 Å². The minimum Gasteiger partial charge on any atom is -0.397 e. The maximum Gasteiger partial charge on any atom is 0.233 e. The maximum atomic E-state index is 8.09. The zero-order chi connectivity index (χ0) is 43.9. The summed E-state index contributed by atoms with van der Waals surface area (Å²) in [6.45, 7) is 21.6. The molecule has 3 aromatic rings. The molecule has 0 radical (unpaired) electrons. The van der Waals surface area contributed by atoms with Crippen LogP contribution in [0.2, 0.25) is 0 Å². The van der Waals surface area contributed by atoms with Gasteiger partial charge in [-0.05, 0) is 117 Å². The van der Waals surface area contributed by atoms with Crippen molar-refractivity contribution in [3.63, 3.8) is 0 Å². The van der Waals surface area contributed by atoms with Gasteiger partial charge in [-0.3, -0.25) is 4.99 Å². The monoisotopic (exact) mass is 787 g/mol. The molecule has 0 amide bonds. The van der Waals surface area contributed by atoms with Gasteiger partial charge in [0.25, 0.3) is 0 Å². The Balaban J connectivity index is 0.00000109. The second kappa shape index (κ2) is 25.5. The highest BCUT2D eigenvalue weighted by Gasteiger charge is 2.28. The number of para-hydroxylation sites is 1. The van der Waals surface area contributed by atoms with Crippen LogP contribution in [0.15, 0.2) is 179 Å².